The SMILES string of the molecule is COc1cc2c(cc1C(N)=O)C(Cl)(C(=O)NC1CC1)C=C(Oc1ccccc1N)N2. The number of methoxy groups -OCH3 is 1. The number of alkyl halides is 1. The summed E-state index contributed by atoms with van der Waals surface area (Å²) < 4.78 is 11.2. The number of hydrogen-bond acceptors (Lipinski definition) is 6. The van der Waals surface area contributed by atoms with Crippen LogP contribution in [0.1, 0.15) is 28.8 Å². The van der Waals surface area contributed by atoms with Gasteiger partial charge in [-0.3, -0.25) is 9.59 Å². The molecule has 1 atom stereocenters. The average Bonchev–Trinajstić information content (AvgIpc) is 3.52. The molecule has 1 fully saturated rings. The van der Waals surface area contributed by atoms with Gasteiger partial charge in [0.25, 0.3) is 5.91 Å². The van der Waals surface area contributed by atoms with Gasteiger partial charge in [-0.25, -0.2) is 0 Å². The minimum atomic E-state index is -1.63. The summed E-state index contributed by atoms with van der Waals surface area (Å²) in [6, 6.07) is 10.1. The van der Waals surface area contributed by atoms with Gasteiger partial charge in [0, 0.05) is 23.7 Å². The predicted octanol–water partition coefficient (Wildman–Crippen LogP) is 2.43. The zero-order valence-electron chi connectivity index (χ0n) is 16.2. The number of fused-ring (bicyclic) bond motifs is 1. The third kappa shape index (κ3) is 3.61. The molecule has 2 aromatic carbocycles. The number of benzene rings is 2. The Morgan fingerprint density at radius 1 is 1.23 bits per heavy atom. The van der Waals surface area contributed by atoms with E-state index < -0.39 is 16.7 Å². The van der Waals surface area contributed by atoms with E-state index in [9.17, 15) is 9.59 Å². The Labute approximate surface area is 178 Å². The summed E-state index contributed by atoms with van der Waals surface area (Å²) in [4.78, 5) is 23.4. The first-order chi connectivity index (χ1) is 14.3. The number of amides is 2. The highest BCUT2D eigenvalue weighted by molar-refractivity contribution is 6.37. The first-order valence-electron chi connectivity index (χ1n) is 9.36. The van der Waals surface area contributed by atoms with Gasteiger partial charge >= 0.3 is 0 Å². The number of nitrogens with two attached hydrogens (primary N) is 2. The molecule has 8 nitrogen and oxygen atoms in total. The number of para-hydroxylation sites is 2. The Morgan fingerprint density at radius 3 is 2.60 bits per heavy atom. The van der Waals surface area contributed by atoms with Gasteiger partial charge in [0.15, 0.2) is 16.5 Å². The van der Waals surface area contributed by atoms with Crippen LogP contribution in [-0.4, -0.2) is 25.0 Å². The summed E-state index contributed by atoms with van der Waals surface area (Å²) in [7, 11) is 1.42. The highest BCUT2D eigenvalue weighted by atomic mass is 35.5. The fourth-order valence-electron chi connectivity index (χ4n) is 3.23. The normalized spacial score (nSPS) is 19.7. The Hall–Kier alpha value is -3.39. The number of halogens is 1. The van der Waals surface area contributed by atoms with E-state index in [1.165, 1.54) is 19.3 Å². The molecule has 0 radical (unpaired) electrons. The third-order valence-electron chi connectivity index (χ3n) is 4.97. The van der Waals surface area contributed by atoms with Gasteiger partial charge in [-0.05, 0) is 31.0 Å². The number of nitrogens with one attached hydrogen (secondary N) is 2. The van der Waals surface area contributed by atoms with E-state index in [4.69, 9.17) is 32.5 Å². The van der Waals surface area contributed by atoms with Gasteiger partial charge in [-0.2, -0.15) is 0 Å². The fraction of sp³-hybridized carbons (Fsp3) is 0.238. The standard InChI is InChI=1S/C21H21ClN4O4/c1-29-17-9-15-13(8-12(17)19(24)27)21(22,20(28)25-11-6-7-11)10-18(26-15)30-16-5-3-2-4-14(16)23/h2-5,8-11,26H,6-7,23H2,1H3,(H2,24,27)(H,25,28). The topological polar surface area (TPSA) is 129 Å². The molecule has 2 amide bonds. The Bertz CT molecular complexity index is 1070. The number of nitrogen functional groups attached to an aromatic ring is 1. The molecule has 0 bridgehead atoms. The van der Waals surface area contributed by atoms with Gasteiger partial charge in [-0.15, -0.1) is 0 Å². The van der Waals surface area contributed by atoms with E-state index in [1.807, 2.05) is 0 Å². The summed E-state index contributed by atoms with van der Waals surface area (Å²) in [5.74, 6) is -0.246. The molecule has 6 N–H and O–H groups in total. The van der Waals surface area contributed by atoms with Crippen molar-refractivity contribution in [3.8, 4) is 11.5 Å². The second-order valence-corrected chi connectivity index (χ2v) is 7.79. The van der Waals surface area contributed by atoms with E-state index >= 15 is 0 Å². The number of rotatable bonds is 6. The fourth-order valence-corrected chi connectivity index (χ4v) is 3.54. The van der Waals surface area contributed by atoms with Crippen molar-refractivity contribution in [2.24, 2.45) is 5.73 Å². The van der Waals surface area contributed by atoms with Crippen LogP contribution in [0.4, 0.5) is 11.4 Å². The second kappa shape index (κ2) is 7.46. The van der Waals surface area contributed by atoms with Crippen LogP contribution in [0.15, 0.2) is 48.4 Å². The number of carbonyl (C=O) groups is 2. The van der Waals surface area contributed by atoms with Crippen molar-refractivity contribution in [1.29, 1.82) is 0 Å². The summed E-state index contributed by atoms with van der Waals surface area (Å²) >= 11 is 6.87. The summed E-state index contributed by atoms with van der Waals surface area (Å²) in [6.45, 7) is 0. The largest absolute Gasteiger partial charge is 0.496 e. The zero-order valence-corrected chi connectivity index (χ0v) is 17.0. The Balaban J connectivity index is 1.80. The van der Waals surface area contributed by atoms with E-state index in [0.717, 1.165) is 12.8 Å². The number of ether oxygens (including phenoxy) is 2. The molecule has 0 saturated heterocycles. The molecule has 1 unspecified atom stereocenters. The lowest BCUT2D eigenvalue weighted by Gasteiger charge is -2.32. The van der Waals surface area contributed by atoms with Crippen molar-refractivity contribution in [1.82, 2.24) is 5.32 Å². The van der Waals surface area contributed by atoms with Crippen LogP contribution in [0.5, 0.6) is 11.5 Å². The molecule has 30 heavy (non-hydrogen) atoms. The van der Waals surface area contributed by atoms with Gasteiger partial charge in [-0.1, -0.05) is 23.7 Å². The summed E-state index contributed by atoms with van der Waals surface area (Å²) in [5.41, 5.74) is 12.8. The van der Waals surface area contributed by atoms with Gasteiger partial charge < -0.3 is 31.6 Å². The van der Waals surface area contributed by atoms with Crippen molar-refractivity contribution >= 4 is 34.8 Å². The van der Waals surface area contributed by atoms with Gasteiger partial charge in [0.05, 0.1) is 24.0 Å². The molecule has 2 aromatic rings. The number of hydrogen-bond donors (Lipinski definition) is 4. The maximum absolute atomic E-state index is 13.1. The third-order valence-corrected chi connectivity index (χ3v) is 5.45. The molecular weight excluding hydrogens is 408 g/mol. The van der Waals surface area contributed by atoms with Crippen LogP contribution in [0.3, 0.4) is 0 Å². The van der Waals surface area contributed by atoms with E-state index in [1.54, 1.807) is 30.3 Å². The number of carbonyl (C=O) groups excluding carboxylic acids is 2. The van der Waals surface area contributed by atoms with Crippen LogP contribution < -0.4 is 31.6 Å². The first kappa shape index (κ1) is 19.9. The van der Waals surface area contributed by atoms with Crippen LogP contribution in [-0.2, 0) is 9.67 Å². The molecule has 1 heterocycles. The van der Waals surface area contributed by atoms with E-state index in [0.29, 0.717) is 22.7 Å². The lowest BCUT2D eigenvalue weighted by Crippen LogP contribution is -2.43. The molecule has 1 saturated carbocycles. The van der Waals surface area contributed by atoms with E-state index in [-0.39, 0.29) is 23.2 Å². The quantitative estimate of drug-likeness (QED) is 0.413. The molecule has 2 aliphatic rings. The molecule has 0 aromatic heterocycles. The Kier molecular flexibility index (Phi) is 4.95. The van der Waals surface area contributed by atoms with Crippen molar-refractivity contribution in [3.63, 3.8) is 0 Å². The monoisotopic (exact) mass is 428 g/mol. The number of anilines is 2. The van der Waals surface area contributed by atoms with Crippen molar-refractivity contribution in [2.45, 2.75) is 23.8 Å². The first-order valence-corrected chi connectivity index (χ1v) is 9.74. The van der Waals surface area contributed by atoms with Crippen molar-refractivity contribution in [3.05, 3.63) is 59.5 Å². The molecule has 0 spiro atoms. The lowest BCUT2D eigenvalue weighted by molar-refractivity contribution is -0.123. The highest BCUT2D eigenvalue weighted by Crippen LogP contribution is 2.44. The van der Waals surface area contributed by atoms with Crippen molar-refractivity contribution in [2.75, 3.05) is 18.2 Å². The maximum atomic E-state index is 13.1. The summed E-state index contributed by atoms with van der Waals surface area (Å²) in [5, 5.41) is 5.99. The second-order valence-electron chi connectivity index (χ2n) is 7.20. The average molecular weight is 429 g/mol. The highest BCUT2D eigenvalue weighted by Gasteiger charge is 2.44. The van der Waals surface area contributed by atoms with Gasteiger partial charge in [0.2, 0.25) is 5.91 Å². The minimum Gasteiger partial charge on any atom is -0.496 e. The van der Waals surface area contributed by atoms with Crippen LogP contribution >= 0.6 is 11.6 Å². The maximum Gasteiger partial charge on any atom is 0.252 e. The Morgan fingerprint density at radius 2 is 1.97 bits per heavy atom. The molecule has 156 valence electrons. The molecule has 1 aliphatic heterocycles. The van der Waals surface area contributed by atoms with Crippen LogP contribution in [0, 0.1) is 0 Å². The molecular formula is C21H21ClN4O4. The van der Waals surface area contributed by atoms with Crippen LogP contribution in [0.25, 0.3) is 0 Å². The van der Waals surface area contributed by atoms with Crippen molar-refractivity contribution < 1.29 is 19.1 Å². The molecule has 1 aliphatic carbocycles. The summed E-state index contributed by atoms with van der Waals surface area (Å²) in [6.07, 6.45) is 3.25. The number of primary amides is 1. The molecule has 9 heteroatoms. The van der Waals surface area contributed by atoms with Gasteiger partial charge in [0.1, 0.15) is 5.75 Å². The smallest absolute Gasteiger partial charge is 0.252 e. The minimum absolute atomic E-state index is 0.0860. The van der Waals surface area contributed by atoms with E-state index in [2.05, 4.69) is 10.6 Å². The van der Waals surface area contributed by atoms with Crippen LogP contribution in [0.2, 0.25) is 0 Å². The lowest BCUT2D eigenvalue weighted by atomic mass is 9.90. The predicted molar refractivity (Wildman–Crippen MR) is 113 cm³/mol. The molecule has 4 rings (SSSR count). The zero-order chi connectivity index (χ0) is 21.5.